The fraction of sp³-hybridized carbons (Fsp3) is 0.176. The summed E-state index contributed by atoms with van der Waals surface area (Å²) < 4.78 is 0. The summed E-state index contributed by atoms with van der Waals surface area (Å²) in [6, 6.07) is 17.3. The molecule has 2 rings (SSSR count). The van der Waals surface area contributed by atoms with E-state index in [4.69, 9.17) is 18.0 Å². The van der Waals surface area contributed by atoms with E-state index in [1.165, 1.54) is 5.56 Å². The van der Waals surface area contributed by atoms with Crippen LogP contribution in [0.5, 0.6) is 0 Å². The van der Waals surface area contributed by atoms with Crippen molar-refractivity contribution in [2.45, 2.75) is 12.8 Å². The summed E-state index contributed by atoms with van der Waals surface area (Å²) in [7, 11) is 0. The normalized spacial score (nSPS) is 10.1. The number of benzene rings is 2. The Labute approximate surface area is 130 Å². The number of rotatable bonds is 6. The molecule has 108 valence electrons. The first-order valence-corrected chi connectivity index (χ1v) is 7.29. The number of hydrogen-bond donors (Lipinski definition) is 2. The van der Waals surface area contributed by atoms with Gasteiger partial charge in [-0.1, -0.05) is 54.7 Å². The topological polar surface area (TPSA) is 55.1 Å². The highest BCUT2D eigenvalue weighted by atomic mass is 32.1. The Balaban J connectivity index is 1.82. The predicted octanol–water partition coefficient (Wildman–Crippen LogP) is 2.68. The van der Waals surface area contributed by atoms with E-state index in [0.29, 0.717) is 22.7 Å². The molecule has 0 aliphatic rings. The molecule has 0 atom stereocenters. The molecule has 2 aromatic rings. The Kier molecular flexibility index (Phi) is 5.46. The summed E-state index contributed by atoms with van der Waals surface area (Å²) >= 11 is 4.91. The van der Waals surface area contributed by atoms with Crippen LogP contribution in [0.25, 0.3) is 0 Å². The lowest BCUT2D eigenvalue weighted by molar-refractivity contribution is 0.0953. The van der Waals surface area contributed by atoms with E-state index >= 15 is 0 Å². The monoisotopic (exact) mass is 298 g/mol. The highest BCUT2D eigenvalue weighted by Gasteiger charge is 2.06. The van der Waals surface area contributed by atoms with Crippen molar-refractivity contribution >= 4 is 23.1 Å². The Morgan fingerprint density at radius 2 is 1.76 bits per heavy atom. The van der Waals surface area contributed by atoms with Gasteiger partial charge in [0, 0.05) is 17.7 Å². The number of hydrogen-bond acceptors (Lipinski definition) is 2. The lowest BCUT2D eigenvalue weighted by Crippen LogP contribution is -2.25. The fourth-order valence-electron chi connectivity index (χ4n) is 2.05. The minimum atomic E-state index is -0.0961. The number of carbonyl (C=O) groups is 1. The quantitative estimate of drug-likeness (QED) is 0.637. The van der Waals surface area contributed by atoms with Gasteiger partial charge in [-0.2, -0.15) is 0 Å². The van der Waals surface area contributed by atoms with Crippen molar-refractivity contribution < 1.29 is 4.79 Å². The first kappa shape index (κ1) is 15.2. The number of amides is 1. The Bertz CT molecular complexity index is 626. The average molecular weight is 298 g/mol. The lowest BCUT2D eigenvalue weighted by atomic mass is 10.1. The highest BCUT2D eigenvalue weighted by Crippen LogP contribution is 2.06. The predicted molar refractivity (Wildman–Crippen MR) is 89.4 cm³/mol. The molecule has 0 aliphatic carbocycles. The molecule has 0 bridgehead atoms. The molecule has 0 fully saturated rings. The maximum absolute atomic E-state index is 12.0. The van der Waals surface area contributed by atoms with Crippen molar-refractivity contribution in [1.82, 2.24) is 5.32 Å². The largest absolute Gasteiger partial charge is 0.389 e. The minimum absolute atomic E-state index is 0.0961. The molecule has 0 spiro atoms. The summed E-state index contributed by atoms with van der Waals surface area (Å²) in [4.78, 5) is 12.3. The number of carbonyl (C=O) groups excluding carboxylic acids is 1. The summed E-state index contributed by atoms with van der Waals surface area (Å²) in [5.74, 6) is -0.0961. The van der Waals surface area contributed by atoms with E-state index in [9.17, 15) is 4.79 Å². The lowest BCUT2D eigenvalue weighted by Gasteiger charge is -2.07. The van der Waals surface area contributed by atoms with Crippen molar-refractivity contribution in [3.63, 3.8) is 0 Å². The molecule has 4 heteroatoms. The van der Waals surface area contributed by atoms with Gasteiger partial charge < -0.3 is 11.1 Å². The molecule has 3 nitrogen and oxygen atoms in total. The zero-order chi connectivity index (χ0) is 15.1. The van der Waals surface area contributed by atoms with E-state index in [-0.39, 0.29) is 5.91 Å². The van der Waals surface area contributed by atoms with Crippen LogP contribution in [0, 0.1) is 0 Å². The van der Waals surface area contributed by atoms with Gasteiger partial charge in [-0.25, -0.2) is 0 Å². The fourth-order valence-corrected chi connectivity index (χ4v) is 2.18. The van der Waals surface area contributed by atoms with Crippen LogP contribution in [-0.2, 0) is 6.42 Å². The van der Waals surface area contributed by atoms with Gasteiger partial charge in [0.15, 0.2) is 0 Å². The number of nitrogens with two attached hydrogens (primary N) is 1. The first-order chi connectivity index (χ1) is 10.2. The molecular weight excluding hydrogens is 280 g/mol. The van der Waals surface area contributed by atoms with Gasteiger partial charge in [0.25, 0.3) is 5.91 Å². The number of thiocarbonyl (C=S) groups is 1. The van der Waals surface area contributed by atoms with E-state index in [0.717, 1.165) is 12.8 Å². The van der Waals surface area contributed by atoms with Crippen molar-refractivity contribution in [2.75, 3.05) is 6.54 Å². The van der Waals surface area contributed by atoms with Gasteiger partial charge >= 0.3 is 0 Å². The maximum Gasteiger partial charge on any atom is 0.251 e. The average Bonchev–Trinajstić information content (AvgIpc) is 2.52. The van der Waals surface area contributed by atoms with Gasteiger partial charge in [0.05, 0.1) is 0 Å². The van der Waals surface area contributed by atoms with Gasteiger partial charge in [-0.05, 0) is 30.5 Å². The number of nitrogens with one attached hydrogen (secondary N) is 1. The molecule has 0 heterocycles. The van der Waals surface area contributed by atoms with E-state index < -0.39 is 0 Å². The van der Waals surface area contributed by atoms with Crippen LogP contribution >= 0.6 is 12.2 Å². The van der Waals surface area contributed by atoms with Gasteiger partial charge in [-0.3, -0.25) is 4.79 Å². The van der Waals surface area contributed by atoms with Crippen LogP contribution in [0.3, 0.4) is 0 Å². The van der Waals surface area contributed by atoms with E-state index in [2.05, 4.69) is 17.4 Å². The van der Waals surface area contributed by atoms with Crippen molar-refractivity contribution in [2.24, 2.45) is 5.73 Å². The third-order valence-electron chi connectivity index (χ3n) is 3.18. The second kappa shape index (κ2) is 7.55. The van der Waals surface area contributed by atoms with E-state index in [1.807, 2.05) is 18.2 Å². The molecule has 2 aromatic carbocycles. The summed E-state index contributed by atoms with van der Waals surface area (Å²) in [6.45, 7) is 0.644. The molecule has 0 unspecified atom stereocenters. The standard InChI is InChI=1S/C17H18N2OS/c18-16(21)14-9-4-10-15(12-14)17(20)19-11-5-8-13-6-2-1-3-7-13/h1-4,6-7,9-10,12H,5,8,11H2,(H2,18,21)(H,19,20). The molecule has 0 radical (unpaired) electrons. The van der Waals surface area contributed by atoms with Crippen LogP contribution in [0.15, 0.2) is 54.6 Å². The minimum Gasteiger partial charge on any atom is -0.389 e. The van der Waals surface area contributed by atoms with E-state index in [1.54, 1.807) is 24.3 Å². The highest BCUT2D eigenvalue weighted by molar-refractivity contribution is 7.80. The Hall–Kier alpha value is -2.20. The molecule has 0 saturated heterocycles. The van der Waals surface area contributed by atoms with Gasteiger partial charge in [0.1, 0.15) is 4.99 Å². The van der Waals surface area contributed by atoms with Crippen LogP contribution in [0.4, 0.5) is 0 Å². The Morgan fingerprint density at radius 3 is 2.48 bits per heavy atom. The molecule has 0 saturated carbocycles. The van der Waals surface area contributed by atoms with Crippen LogP contribution in [0.2, 0.25) is 0 Å². The van der Waals surface area contributed by atoms with Crippen LogP contribution in [0.1, 0.15) is 27.9 Å². The number of aryl methyl sites for hydroxylation is 1. The van der Waals surface area contributed by atoms with Crippen LogP contribution < -0.4 is 11.1 Å². The van der Waals surface area contributed by atoms with Crippen molar-refractivity contribution in [1.29, 1.82) is 0 Å². The molecule has 0 aromatic heterocycles. The van der Waals surface area contributed by atoms with Gasteiger partial charge in [0.2, 0.25) is 0 Å². The third kappa shape index (κ3) is 4.68. The molecule has 0 aliphatic heterocycles. The van der Waals surface area contributed by atoms with Crippen LogP contribution in [-0.4, -0.2) is 17.4 Å². The summed E-state index contributed by atoms with van der Waals surface area (Å²) in [5.41, 5.74) is 8.14. The SMILES string of the molecule is NC(=S)c1cccc(C(=O)NCCCc2ccccc2)c1. The summed E-state index contributed by atoms with van der Waals surface area (Å²) in [6.07, 6.45) is 1.86. The molecular formula is C17H18N2OS. The first-order valence-electron chi connectivity index (χ1n) is 6.89. The molecule has 1 amide bonds. The zero-order valence-corrected chi connectivity index (χ0v) is 12.5. The smallest absolute Gasteiger partial charge is 0.251 e. The third-order valence-corrected chi connectivity index (χ3v) is 3.42. The van der Waals surface area contributed by atoms with Crippen molar-refractivity contribution in [3.8, 4) is 0 Å². The Morgan fingerprint density at radius 1 is 1.05 bits per heavy atom. The molecule has 21 heavy (non-hydrogen) atoms. The summed E-state index contributed by atoms with van der Waals surface area (Å²) in [5, 5.41) is 2.91. The maximum atomic E-state index is 12.0. The zero-order valence-electron chi connectivity index (χ0n) is 11.7. The molecule has 3 N–H and O–H groups in total. The van der Waals surface area contributed by atoms with Crippen molar-refractivity contribution in [3.05, 3.63) is 71.3 Å². The second-order valence-corrected chi connectivity index (χ2v) is 5.23. The van der Waals surface area contributed by atoms with Gasteiger partial charge in [-0.15, -0.1) is 0 Å². The second-order valence-electron chi connectivity index (χ2n) is 4.79.